The Morgan fingerprint density at radius 1 is 1.24 bits per heavy atom. The van der Waals surface area contributed by atoms with Crippen LogP contribution < -0.4 is 5.32 Å². The van der Waals surface area contributed by atoms with Crippen LogP contribution in [0, 0.1) is 0 Å². The number of benzene rings is 1. The molecule has 21 heavy (non-hydrogen) atoms. The monoisotopic (exact) mass is 308 g/mol. The van der Waals surface area contributed by atoms with Crippen LogP contribution >= 0.6 is 11.6 Å². The summed E-state index contributed by atoms with van der Waals surface area (Å²) in [4.78, 5) is 14.3. The zero-order valence-electron chi connectivity index (χ0n) is 13.2. The topological polar surface area (TPSA) is 32.3 Å². The highest BCUT2D eigenvalue weighted by Gasteiger charge is 2.25. The minimum absolute atomic E-state index is 0.0448. The van der Waals surface area contributed by atoms with Crippen LogP contribution in [0.1, 0.15) is 51.5 Å². The molecule has 0 bridgehead atoms. The maximum Gasteiger partial charge on any atom is 0.317 e. The number of urea groups is 1. The highest BCUT2D eigenvalue weighted by molar-refractivity contribution is 6.30. The van der Waals surface area contributed by atoms with E-state index in [2.05, 4.69) is 17.4 Å². The van der Waals surface area contributed by atoms with Crippen molar-refractivity contribution in [3.05, 3.63) is 34.9 Å². The van der Waals surface area contributed by atoms with Gasteiger partial charge in [-0.1, -0.05) is 30.2 Å². The first-order chi connectivity index (χ1) is 9.85. The van der Waals surface area contributed by atoms with Crippen molar-refractivity contribution < 1.29 is 4.79 Å². The van der Waals surface area contributed by atoms with E-state index in [0.29, 0.717) is 5.92 Å². The van der Waals surface area contributed by atoms with E-state index in [1.807, 2.05) is 37.8 Å². The maximum absolute atomic E-state index is 12.4. The van der Waals surface area contributed by atoms with E-state index < -0.39 is 0 Å². The van der Waals surface area contributed by atoms with Crippen LogP contribution in [0.5, 0.6) is 0 Å². The average molecular weight is 309 g/mol. The molecule has 1 aromatic carbocycles. The first-order valence-electron chi connectivity index (χ1n) is 7.68. The summed E-state index contributed by atoms with van der Waals surface area (Å²) in [6, 6.07) is 8.07. The number of rotatable bonds is 1. The molecule has 1 aliphatic heterocycles. The summed E-state index contributed by atoms with van der Waals surface area (Å²) in [7, 11) is 0. The molecule has 0 spiro atoms. The van der Waals surface area contributed by atoms with Crippen LogP contribution in [-0.4, -0.2) is 29.6 Å². The van der Waals surface area contributed by atoms with E-state index in [9.17, 15) is 4.79 Å². The van der Waals surface area contributed by atoms with Gasteiger partial charge >= 0.3 is 6.03 Å². The minimum atomic E-state index is -0.195. The first-order valence-corrected chi connectivity index (χ1v) is 8.05. The molecule has 116 valence electrons. The van der Waals surface area contributed by atoms with Crippen LogP contribution in [0.4, 0.5) is 4.79 Å². The SMILES string of the molecule is CC(C)(C)NC(=O)N1CCCCC(c2ccc(Cl)cc2)C1. The summed E-state index contributed by atoms with van der Waals surface area (Å²) >= 11 is 5.96. The number of nitrogens with one attached hydrogen (secondary N) is 1. The van der Waals surface area contributed by atoms with Gasteiger partial charge in [-0.25, -0.2) is 4.79 Å². The molecule has 1 N–H and O–H groups in total. The molecule has 1 aromatic rings. The third kappa shape index (κ3) is 4.92. The number of carbonyl (C=O) groups is 1. The summed E-state index contributed by atoms with van der Waals surface area (Å²) in [5.41, 5.74) is 1.08. The second-order valence-corrected chi connectivity index (χ2v) is 7.31. The molecule has 0 saturated carbocycles. The van der Waals surface area contributed by atoms with Gasteiger partial charge in [0.1, 0.15) is 0 Å². The van der Waals surface area contributed by atoms with Gasteiger partial charge in [-0.05, 0) is 51.3 Å². The number of carbonyl (C=O) groups excluding carboxylic acids is 1. The molecule has 2 rings (SSSR count). The normalized spacial score (nSPS) is 20.0. The molecule has 0 aliphatic carbocycles. The fraction of sp³-hybridized carbons (Fsp3) is 0.588. The molecular formula is C17H25ClN2O. The lowest BCUT2D eigenvalue weighted by atomic mass is 9.94. The minimum Gasteiger partial charge on any atom is -0.333 e. The van der Waals surface area contributed by atoms with Gasteiger partial charge in [0.25, 0.3) is 0 Å². The Balaban J connectivity index is 2.07. The van der Waals surface area contributed by atoms with Gasteiger partial charge in [-0.2, -0.15) is 0 Å². The van der Waals surface area contributed by atoms with Crippen molar-refractivity contribution in [3.8, 4) is 0 Å². The van der Waals surface area contributed by atoms with Crippen molar-refractivity contribution >= 4 is 17.6 Å². The van der Waals surface area contributed by atoms with E-state index in [4.69, 9.17) is 11.6 Å². The van der Waals surface area contributed by atoms with Crippen LogP contribution in [0.15, 0.2) is 24.3 Å². The molecule has 1 atom stereocenters. The van der Waals surface area contributed by atoms with Crippen molar-refractivity contribution in [1.29, 1.82) is 0 Å². The lowest BCUT2D eigenvalue weighted by Gasteiger charge is -2.29. The van der Waals surface area contributed by atoms with Crippen LogP contribution in [-0.2, 0) is 0 Å². The Bertz CT molecular complexity index is 479. The van der Waals surface area contributed by atoms with E-state index >= 15 is 0 Å². The average Bonchev–Trinajstić information content (AvgIpc) is 2.63. The van der Waals surface area contributed by atoms with Crippen molar-refractivity contribution in [2.75, 3.05) is 13.1 Å². The molecule has 1 aliphatic rings. The predicted octanol–water partition coefficient (Wildman–Crippen LogP) is 4.42. The molecule has 1 saturated heterocycles. The Morgan fingerprint density at radius 2 is 1.90 bits per heavy atom. The quantitative estimate of drug-likeness (QED) is 0.818. The predicted molar refractivity (Wildman–Crippen MR) is 87.9 cm³/mol. The Morgan fingerprint density at radius 3 is 2.52 bits per heavy atom. The summed E-state index contributed by atoms with van der Waals surface area (Å²) in [5.74, 6) is 0.399. The van der Waals surface area contributed by atoms with E-state index in [1.54, 1.807) is 0 Å². The zero-order chi connectivity index (χ0) is 15.5. The fourth-order valence-electron chi connectivity index (χ4n) is 2.73. The summed E-state index contributed by atoms with van der Waals surface area (Å²) in [5, 5.41) is 3.82. The molecule has 0 radical (unpaired) electrons. The maximum atomic E-state index is 12.4. The highest BCUT2D eigenvalue weighted by Crippen LogP contribution is 2.27. The third-order valence-corrected chi connectivity index (χ3v) is 4.03. The number of halogens is 1. The molecule has 3 nitrogen and oxygen atoms in total. The lowest BCUT2D eigenvalue weighted by molar-refractivity contribution is 0.188. The summed E-state index contributed by atoms with van der Waals surface area (Å²) in [6.45, 7) is 7.66. The molecular weight excluding hydrogens is 284 g/mol. The second-order valence-electron chi connectivity index (χ2n) is 6.87. The molecule has 1 fully saturated rings. The number of amides is 2. The number of nitrogens with zero attached hydrogens (tertiary/aromatic N) is 1. The van der Waals surface area contributed by atoms with Gasteiger partial charge in [0.15, 0.2) is 0 Å². The summed E-state index contributed by atoms with van der Waals surface area (Å²) in [6.07, 6.45) is 3.36. The second kappa shape index (κ2) is 6.69. The third-order valence-electron chi connectivity index (χ3n) is 3.78. The molecule has 1 heterocycles. The zero-order valence-corrected chi connectivity index (χ0v) is 13.9. The highest BCUT2D eigenvalue weighted by atomic mass is 35.5. The largest absolute Gasteiger partial charge is 0.333 e. The van der Waals surface area contributed by atoms with Gasteiger partial charge in [-0.3, -0.25) is 0 Å². The van der Waals surface area contributed by atoms with Crippen LogP contribution in [0.25, 0.3) is 0 Å². The number of hydrogen-bond donors (Lipinski definition) is 1. The van der Waals surface area contributed by atoms with Crippen LogP contribution in [0.2, 0.25) is 5.02 Å². The van der Waals surface area contributed by atoms with Crippen LogP contribution in [0.3, 0.4) is 0 Å². The molecule has 1 unspecified atom stereocenters. The lowest BCUT2D eigenvalue weighted by Crippen LogP contribution is -2.49. The van der Waals surface area contributed by atoms with Crippen molar-refractivity contribution in [1.82, 2.24) is 10.2 Å². The standard InChI is InChI=1S/C17H25ClN2O/c1-17(2,3)19-16(21)20-11-5-4-6-14(12-20)13-7-9-15(18)10-8-13/h7-10,14H,4-6,11-12H2,1-3H3,(H,19,21). The smallest absolute Gasteiger partial charge is 0.317 e. The van der Waals surface area contributed by atoms with Gasteiger partial charge in [0.2, 0.25) is 0 Å². The molecule has 4 heteroatoms. The Kier molecular flexibility index (Phi) is 5.15. The van der Waals surface area contributed by atoms with Gasteiger partial charge in [-0.15, -0.1) is 0 Å². The Hall–Kier alpha value is -1.22. The van der Waals surface area contributed by atoms with Crippen molar-refractivity contribution in [3.63, 3.8) is 0 Å². The fourth-order valence-corrected chi connectivity index (χ4v) is 2.86. The van der Waals surface area contributed by atoms with E-state index in [1.165, 1.54) is 5.56 Å². The number of likely N-dealkylation sites (tertiary alicyclic amines) is 1. The van der Waals surface area contributed by atoms with E-state index in [-0.39, 0.29) is 11.6 Å². The van der Waals surface area contributed by atoms with Crippen molar-refractivity contribution in [2.45, 2.75) is 51.5 Å². The molecule has 0 aromatic heterocycles. The Labute approximate surface area is 132 Å². The van der Waals surface area contributed by atoms with Gasteiger partial charge < -0.3 is 10.2 Å². The van der Waals surface area contributed by atoms with Crippen molar-refractivity contribution in [2.24, 2.45) is 0 Å². The molecule has 2 amide bonds. The number of hydrogen-bond acceptors (Lipinski definition) is 1. The first kappa shape index (κ1) is 16.2. The van der Waals surface area contributed by atoms with E-state index in [0.717, 1.165) is 37.4 Å². The summed E-state index contributed by atoms with van der Waals surface area (Å²) < 4.78 is 0. The van der Waals surface area contributed by atoms with Gasteiger partial charge in [0, 0.05) is 29.6 Å². The van der Waals surface area contributed by atoms with Gasteiger partial charge in [0.05, 0.1) is 0 Å².